The monoisotopic (exact) mass is 401 g/mol. The van der Waals surface area contributed by atoms with E-state index in [9.17, 15) is 0 Å². The molecule has 0 amide bonds. The van der Waals surface area contributed by atoms with Crippen LogP contribution < -0.4 is 5.73 Å². The molecule has 0 aliphatic heterocycles. The number of hydrogen-bond acceptors (Lipinski definition) is 6. The van der Waals surface area contributed by atoms with E-state index in [-0.39, 0.29) is 6.47 Å². The van der Waals surface area contributed by atoms with Crippen LogP contribution in [0.1, 0.15) is 6.92 Å². The molecule has 0 radical (unpaired) electrons. The molecule has 0 bridgehead atoms. The van der Waals surface area contributed by atoms with E-state index < -0.39 is 0 Å². The maximum atomic E-state index is 8.36. The number of nitrogens with zero attached hydrogens (tertiary/aromatic N) is 5. The molecule has 9 heteroatoms. The van der Waals surface area contributed by atoms with Gasteiger partial charge in [0.05, 0.1) is 23.6 Å². The minimum absolute atomic E-state index is 0.250. The summed E-state index contributed by atoms with van der Waals surface area (Å²) >= 11 is 0. The number of pyridine rings is 1. The first-order chi connectivity index (χ1) is 14.7. The van der Waals surface area contributed by atoms with Crippen molar-refractivity contribution >= 4 is 34.2 Å². The standard InChI is InChI=1S/C20H17N7.CH2O2/c1-2-27-17-7-8-22-10-16(17)26-20(27)18-19(21)23-11-15(25-18)14-9-12-5-3-4-6-13(12)24-14;2-1-3/h3-11,24H,2H2,1H3,(H2,21,23);1H,(H,2,3). The lowest BCUT2D eigenvalue weighted by atomic mass is 10.2. The largest absolute Gasteiger partial charge is 0.483 e. The summed E-state index contributed by atoms with van der Waals surface area (Å²) in [5.74, 6) is 1.05. The summed E-state index contributed by atoms with van der Waals surface area (Å²) in [7, 11) is 0. The Morgan fingerprint density at radius 1 is 1.20 bits per heavy atom. The van der Waals surface area contributed by atoms with Gasteiger partial charge < -0.3 is 20.4 Å². The van der Waals surface area contributed by atoms with Crippen LogP contribution in [0.25, 0.3) is 44.8 Å². The van der Waals surface area contributed by atoms with Crippen molar-refractivity contribution in [2.45, 2.75) is 13.5 Å². The highest BCUT2D eigenvalue weighted by Gasteiger charge is 2.17. The number of aromatic nitrogens is 6. The van der Waals surface area contributed by atoms with Gasteiger partial charge in [-0.2, -0.15) is 0 Å². The lowest BCUT2D eigenvalue weighted by Crippen LogP contribution is -2.04. The van der Waals surface area contributed by atoms with Gasteiger partial charge in [-0.05, 0) is 25.1 Å². The number of fused-ring (bicyclic) bond motifs is 2. The van der Waals surface area contributed by atoms with Crippen molar-refractivity contribution < 1.29 is 9.90 Å². The molecule has 5 rings (SSSR count). The third-order valence-electron chi connectivity index (χ3n) is 4.69. The summed E-state index contributed by atoms with van der Waals surface area (Å²) < 4.78 is 2.08. The third-order valence-corrected chi connectivity index (χ3v) is 4.69. The zero-order chi connectivity index (χ0) is 21.1. The van der Waals surface area contributed by atoms with E-state index in [2.05, 4.69) is 38.6 Å². The summed E-state index contributed by atoms with van der Waals surface area (Å²) in [6.45, 7) is 2.56. The molecule has 0 saturated carbocycles. The fourth-order valence-corrected chi connectivity index (χ4v) is 3.39. The number of aryl methyl sites for hydroxylation is 1. The van der Waals surface area contributed by atoms with Gasteiger partial charge in [-0.15, -0.1) is 0 Å². The predicted octanol–water partition coefficient (Wildman–Crippen LogP) is 3.34. The number of benzene rings is 1. The molecule has 0 aliphatic carbocycles. The Kier molecular flexibility index (Phi) is 5.08. The molecule has 0 atom stereocenters. The van der Waals surface area contributed by atoms with E-state index >= 15 is 0 Å². The van der Waals surface area contributed by atoms with Crippen LogP contribution in [0.15, 0.2) is 55.0 Å². The van der Waals surface area contributed by atoms with Crippen molar-refractivity contribution in [1.29, 1.82) is 0 Å². The summed E-state index contributed by atoms with van der Waals surface area (Å²) in [4.78, 5) is 29.8. The normalized spacial score (nSPS) is 10.7. The number of nitrogens with one attached hydrogen (secondary N) is 1. The second-order valence-corrected chi connectivity index (χ2v) is 6.41. The second-order valence-electron chi connectivity index (χ2n) is 6.41. The molecule has 0 aliphatic rings. The van der Waals surface area contributed by atoms with Crippen molar-refractivity contribution in [3.8, 4) is 22.9 Å². The second kappa shape index (κ2) is 8.00. The molecular formula is C21H19N7O2. The number of H-pyrrole nitrogens is 1. The smallest absolute Gasteiger partial charge is 0.290 e. The maximum absolute atomic E-state index is 8.36. The van der Waals surface area contributed by atoms with Gasteiger partial charge in [0.25, 0.3) is 6.47 Å². The Balaban J connectivity index is 0.000000687. The van der Waals surface area contributed by atoms with Crippen LogP contribution in [0.2, 0.25) is 0 Å². The molecular weight excluding hydrogens is 382 g/mol. The molecule has 30 heavy (non-hydrogen) atoms. The van der Waals surface area contributed by atoms with Crippen molar-refractivity contribution in [2.24, 2.45) is 0 Å². The summed E-state index contributed by atoms with van der Waals surface area (Å²) in [5, 5.41) is 8.01. The van der Waals surface area contributed by atoms with Crippen LogP contribution in [0, 0.1) is 0 Å². The molecule has 4 heterocycles. The molecule has 0 spiro atoms. The first-order valence-corrected chi connectivity index (χ1v) is 9.25. The van der Waals surface area contributed by atoms with E-state index in [0.717, 1.165) is 39.9 Å². The predicted molar refractivity (Wildman–Crippen MR) is 115 cm³/mol. The van der Waals surface area contributed by atoms with Gasteiger partial charge in [0.2, 0.25) is 0 Å². The fourth-order valence-electron chi connectivity index (χ4n) is 3.39. The number of carboxylic acid groups (broad SMARTS) is 1. The van der Waals surface area contributed by atoms with Crippen LogP contribution in [0.3, 0.4) is 0 Å². The molecule has 0 saturated heterocycles. The van der Waals surface area contributed by atoms with Crippen molar-refractivity contribution in [1.82, 2.24) is 29.5 Å². The SMILES string of the molecule is CCn1c(-c2nc(-c3cc4ccccc4[nH]3)cnc2N)nc2cnccc21.O=CO. The topological polar surface area (TPSA) is 136 Å². The third kappa shape index (κ3) is 3.32. The fraction of sp³-hybridized carbons (Fsp3) is 0.0952. The van der Waals surface area contributed by atoms with Crippen LogP contribution in [0.5, 0.6) is 0 Å². The van der Waals surface area contributed by atoms with Gasteiger partial charge in [-0.25, -0.2) is 15.0 Å². The summed E-state index contributed by atoms with van der Waals surface area (Å²) in [6.07, 6.45) is 5.19. The Hall–Kier alpha value is -4.27. The average molecular weight is 401 g/mol. The summed E-state index contributed by atoms with van der Waals surface area (Å²) in [6, 6.07) is 12.1. The number of para-hydroxylation sites is 1. The number of aromatic amines is 1. The summed E-state index contributed by atoms with van der Waals surface area (Å²) in [5.41, 5.74) is 11.2. The van der Waals surface area contributed by atoms with Gasteiger partial charge in [0, 0.05) is 23.6 Å². The minimum atomic E-state index is -0.250. The van der Waals surface area contributed by atoms with Crippen LogP contribution in [-0.4, -0.2) is 41.1 Å². The van der Waals surface area contributed by atoms with Crippen LogP contribution in [-0.2, 0) is 11.3 Å². The van der Waals surface area contributed by atoms with Gasteiger partial charge >= 0.3 is 0 Å². The number of carbonyl (C=O) groups is 1. The van der Waals surface area contributed by atoms with E-state index in [1.165, 1.54) is 0 Å². The number of nitrogens with two attached hydrogens (primary N) is 1. The number of rotatable bonds is 3. The number of nitrogen functional groups attached to an aromatic ring is 1. The Morgan fingerprint density at radius 3 is 2.77 bits per heavy atom. The zero-order valence-electron chi connectivity index (χ0n) is 16.1. The molecule has 5 aromatic rings. The molecule has 1 aromatic carbocycles. The Bertz CT molecular complexity index is 1310. The highest BCUT2D eigenvalue weighted by molar-refractivity contribution is 5.86. The number of anilines is 1. The quantitative estimate of drug-likeness (QED) is 0.394. The lowest BCUT2D eigenvalue weighted by molar-refractivity contribution is -0.122. The lowest BCUT2D eigenvalue weighted by Gasteiger charge is -2.08. The molecule has 4 N–H and O–H groups in total. The molecule has 150 valence electrons. The van der Waals surface area contributed by atoms with Gasteiger partial charge in [-0.3, -0.25) is 9.78 Å². The van der Waals surface area contributed by atoms with Gasteiger partial charge in [0.1, 0.15) is 16.9 Å². The van der Waals surface area contributed by atoms with Gasteiger partial charge in [0.15, 0.2) is 11.6 Å². The molecule has 0 fully saturated rings. The Morgan fingerprint density at radius 2 is 2.00 bits per heavy atom. The Labute approximate surface area is 171 Å². The van der Waals surface area contributed by atoms with E-state index in [1.54, 1.807) is 18.6 Å². The minimum Gasteiger partial charge on any atom is -0.483 e. The van der Waals surface area contributed by atoms with Crippen molar-refractivity contribution in [3.63, 3.8) is 0 Å². The van der Waals surface area contributed by atoms with Crippen LogP contribution >= 0.6 is 0 Å². The number of hydrogen-bond donors (Lipinski definition) is 3. The molecule has 4 aromatic heterocycles. The zero-order valence-corrected chi connectivity index (χ0v) is 16.1. The van der Waals surface area contributed by atoms with Gasteiger partial charge in [-0.1, -0.05) is 18.2 Å². The highest BCUT2D eigenvalue weighted by atomic mass is 16.3. The first-order valence-electron chi connectivity index (χ1n) is 9.25. The average Bonchev–Trinajstić information content (AvgIpc) is 3.36. The molecule has 0 unspecified atom stereocenters. The molecule has 9 nitrogen and oxygen atoms in total. The number of imidazole rings is 1. The van der Waals surface area contributed by atoms with Crippen molar-refractivity contribution in [2.75, 3.05) is 5.73 Å². The van der Waals surface area contributed by atoms with Crippen molar-refractivity contribution in [3.05, 3.63) is 55.0 Å². The van der Waals surface area contributed by atoms with E-state index in [4.69, 9.17) is 25.6 Å². The first kappa shape index (κ1) is 19.1. The van der Waals surface area contributed by atoms with E-state index in [1.807, 2.05) is 24.3 Å². The highest BCUT2D eigenvalue weighted by Crippen LogP contribution is 2.29. The van der Waals surface area contributed by atoms with E-state index in [0.29, 0.717) is 17.3 Å². The maximum Gasteiger partial charge on any atom is 0.290 e. The van der Waals surface area contributed by atoms with Crippen LogP contribution in [0.4, 0.5) is 5.82 Å².